The second-order valence-electron chi connectivity index (χ2n) is 6.99. The van der Waals surface area contributed by atoms with Crippen LogP contribution < -0.4 is 5.32 Å². The molecule has 2 aliphatic rings. The van der Waals surface area contributed by atoms with E-state index >= 15 is 0 Å². The molecule has 0 amide bonds. The van der Waals surface area contributed by atoms with Crippen LogP contribution in [0.15, 0.2) is 29.3 Å². The van der Waals surface area contributed by atoms with E-state index in [-0.39, 0.29) is 5.75 Å². The van der Waals surface area contributed by atoms with Crippen molar-refractivity contribution in [3.05, 3.63) is 29.8 Å². The molecule has 2 aliphatic heterocycles. The minimum absolute atomic E-state index is 0.284. The number of rotatable bonds is 6. The highest BCUT2D eigenvalue weighted by Crippen LogP contribution is 2.18. The molecule has 144 valence electrons. The molecule has 0 aromatic heterocycles. The summed E-state index contributed by atoms with van der Waals surface area (Å²) in [6.07, 6.45) is 4.95. The Morgan fingerprint density at radius 1 is 1.35 bits per heavy atom. The highest BCUT2D eigenvalue weighted by atomic mass is 16.5. The molecule has 0 radical (unpaired) electrons. The topological polar surface area (TPSA) is 66.3 Å². The lowest BCUT2D eigenvalue weighted by molar-refractivity contribution is -0.0367. The van der Waals surface area contributed by atoms with Gasteiger partial charge in [0.25, 0.3) is 0 Å². The van der Waals surface area contributed by atoms with E-state index in [1.165, 1.54) is 0 Å². The Labute approximate surface area is 156 Å². The maximum Gasteiger partial charge on any atom is 0.194 e. The molecule has 26 heavy (non-hydrogen) atoms. The first kappa shape index (κ1) is 19.0. The Morgan fingerprint density at radius 2 is 2.19 bits per heavy atom. The average molecular weight is 361 g/mol. The van der Waals surface area contributed by atoms with Gasteiger partial charge in [-0.25, -0.2) is 4.99 Å². The summed E-state index contributed by atoms with van der Waals surface area (Å²) in [4.78, 5) is 7.05. The molecule has 2 N–H and O–H groups in total. The second kappa shape index (κ2) is 9.78. The Morgan fingerprint density at radius 3 is 2.88 bits per heavy atom. The minimum atomic E-state index is 0.284. The molecule has 0 aliphatic carbocycles. The van der Waals surface area contributed by atoms with Crippen molar-refractivity contribution in [1.29, 1.82) is 0 Å². The van der Waals surface area contributed by atoms with Gasteiger partial charge in [0.05, 0.1) is 25.4 Å². The Bertz CT molecular complexity index is 579. The van der Waals surface area contributed by atoms with Crippen LogP contribution >= 0.6 is 0 Å². The van der Waals surface area contributed by atoms with Crippen molar-refractivity contribution >= 4 is 5.96 Å². The lowest BCUT2D eigenvalue weighted by atomic mass is 10.1. The first-order valence-corrected chi connectivity index (χ1v) is 9.79. The number of phenols is 1. The van der Waals surface area contributed by atoms with Crippen LogP contribution in [0.2, 0.25) is 0 Å². The molecule has 1 unspecified atom stereocenters. The standard InChI is InChI=1S/C20H31N3O3/c1-2-21-20(22-14-16-5-3-6-17(24)13-16)23-10-8-18(9-11-23)26-15-19-7-4-12-25-19/h3,5-6,13,18-19,24H,2,4,7-12,14-15H2,1H3,(H,21,22). The number of nitrogens with one attached hydrogen (secondary N) is 1. The molecule has 2 fully saturated rings. The second-order valence-corrected chi connectivity index (χ2v) is 6.99. The van der Waals surface area contributed by atoms with E-state index in [0.717, 1.165) is 70.1 Å². The molecular weight excluding hydrogens is 330 g/mol. The summed E-state index contributed by atoms with van der Waals surface area (Å²) in [6.45, 7) is 7.00. The number of ether oxygens (including phenoxy) is 2. The molecule has 0 spiro atoms. The smallest absolute Gasteiger partial charge is 0.194 e. The Kier molecular flexibility index (Phi) is 7.14. The zero-order chi connectivity index (χ0) is 18.2. The van der Waals surface area contributed by atoms with Crippen LogP contribution in [-0.4, -0.2) is 61.0 Å². The highest BCUT2D eigenvalue weighted by molar-refractivity contribution is 5.80. The van der Waals surface area contributed by atoms with Crippen LogP contribution in [0.4, 0.5) is 0 Å². The van der Waals surface area contributed by atoms with Gasteiger partial charge in [-0.1, -0.05) is 12.1 Å². The van der Waals surface area contributed by atoms with E-state index < -0.39 is 0 Å². The molecule has 1 atom stereocenters. The number of guanidine groups is 1. The highest BCUT2D eigenvalue weighted by Gasteiger charge is 2.24. The van der Waals surface area contributed by atoms with E-state index in [9.17, 15) is 5.11 Å². The summed E-state index contributed by atoms with van der Waals surface area (Å²) in [5.41, 5.74) is 1.01. The number of nitrogens with zero attached hydrogens (tertiary/aromatic N) is 2. The third-order valence-corrected chi connectivity index (χ3v) is 4.94. The van der Waals surface area contributed by atoms with Crippen molar-refractivity contribution < 1.29 is 14.6 Å². The van der Waals surface area contributed by atoms with Gasteiger partial charge in [0.1, 0.15) is 5.75 Å². The molecule has 6 nitrogen and oxygen atoms in total. The quantitative estimate of drug-likeness (QED) is 0.602. The maximum atomic E-state index is 9.59. The lowest BCUT2D eigenvalue weighted by Crippen LogP contribution is -2.47. The monoisotopic (exact) mass is 361 g/mol. The van der Waals surface area contributed by atoms with Gasteiger partial charge in [0.2, 0.25) is 0 Å². The van der Waals surface area contributed by atoms with Gasteiger partial charge in [-0.3, -0.25) is 0 Å². The molecule has 2 heterocycles. The normalized spacial score (nSPS) is 22.0. The fourth-order valence-corrected chi connectivity index (χ4v) is 3.50. The summed E-state index contributed by atoms with van der Waals surface area (Å²) in [7, 11) is 0. The van der Waals surface area contributed by atoms with Crippen molar-refractivity contribution in [2.75, 3.05) is 32.8 Å². The van der Waals surface area contributed by atoms with Crippen LogP contribution in [0, 0.1) is 0 Å². The molecule has 0 saturated carbocycles. The van der Waals surface area contributed by atoms with Crippen LogP contribution in [0.25, 0.3) is 0 Å². The summed E-state index contributed by atoms with van der Waals surface area (Å²) in [5.74, 6) is 1.22. The van der Waals surface area contributed by atoms with Crippen LogP contribution in [0.1, 0.15) is 38.2 Å². The third kappa shape index (κ3) is 5.61. The van der Waals surface area contributed by atoms with Crippen molar-refractivity contribution in [2.45, 2.75) is 51.4 Å². The van der Waals surface area contributed by atoms with Crippen molar-refractivity contribution in [1.82, 2.24) is 10.2 Å². The van der Waals surface area contributed by atoms with Gasteiger partial charge >= 0.3 is 0 Å². The van der Waals surface area contributed by atoms with Crippen LogP contribution in [-0.2, 0) is 16.0 Å². The zero-order valence-corrected chi connectivity index (χ0v) is 15.7. The predicted octanol–water partition coefficient (Wildman–Crippen LogP) is 2.52. The molecule has 3 rings (SSSR count). The van der Waals surface area contributed by atoms with Crippen LogP contribution in [0.5, 0.6) is 5.75 Å². The SMILES string of the molecule is CCNC(=NCc1cccc(O)c1)N1CCC(OCC2CCCO2)CC1. The third-order valence-electron chi connectivity index (χ3n) is 4.94. The van der Waals surface area contributed by atoms with Crippen molar-refractivity contribution in [3.63, 3.8) is 0 Å². The minimum Gasteiger partial charge on any atom is -0.508 e. The van der Waals surface area contributed by atoms with E-state index in [1.54, 1.807) is 12.1 Å². The number of hydrogen-bond donors (Lipinski definition) is 2. The fourth-order valence-electron chi connectivity index (χ4n) is 3.50. The fraction of sp³-hybridized carbons (Fsp3) is 0.650. The number of benzene rings is 1. The van der Waals surface area contributed by atoms with Gasteiger partial charge in [0.15, 0.2) is 5.96 Å². The number of piperidine rings is 1. The summed E-state index contributed by atoms with van der Waals surface area (Å²) >= 11 is 0. The van der Waals surface area contributed by atoms with Gasteiger partial charge in [-0.05, 0) is 50.3 Å². The van der Waals surface area contributed by atoms with Gasteiger partial charge in [-0.2, -0.15) is 0 Å². The first-order valence-electron chi connectivity index (χ1n) is 9.79. The van der Waals surface area contributed by atoms with Gasteiger partial charge in [-0.15, -0.1) is 0 Å². The molecule has 1 aromatic rings. The van der Waals surface area contributed by atoms with Crippen molar-refractivity contribution in [3.8, 4) is 5.75 Å². The lowest BCUT2D eigenvalue weighted by Gasteiger charge is -2.34. The molecule has 2 saturated heterocycles. The Balaban J connectivity index is 1.48. The number of likely N-dealkylation sites (tertiary alicyclic amines) is 1. The van der Waals surface area contributed by atoms with Gasteiger partial charge in [0, 0.05) is 26.2 Å². The molecule has 6 heteroatoms. The van der Waals surface area contributed by atoms with E-state index in [4.69, 9.17) is 14.5 Å². The summed E-state index contributed by atoms with van der Waals surface area (Å²) in [6, 6.07) is 7.28. The first-order chi connectivity index (χ1) is 12.7. The molecule has 0 bridgehead atoms. The zero-order valence-electron chi connectivity index (χ0n) is 15.7. The van der Waals surface area contributed by atoms with E-state index in [2.05, 4.69) is 17.1 Å². The number of aliphatic imine (C=N–C) groups is 1. The van der Waals surface area contributed by atoms with E-state index in [1.807, 2.05) is 12.1 Å². The van der Waals surface area contributed by atoms with Gasteiger partial charge < -0.3 is 24.8 Å². The number of hydrogen-bond acceptors (Lipinski definition) is 4. The number of phenolic OH excluding ortho intramolecular Hbond substituents is 1. The van der Waals surface area contributed by atoms with Crippen LogP contribution in [0.3, 0.4) is 0 Å². The molecule has 1 aromatic carbocycles. The summed E-state index contributed by atoms with van der Waals surface area (Å²) < 4.78 is 11.7. The maximum absolute atomic E-state index is 9.59. The van der Waals surface area contributed by atoms with E-state index in [0.29, 0.717) is 18.8 Å². The molecular formula is C20H31N3O3. The Hall–Kier alpha value is -1.79. The number of aromatic hydroxyl groups is 1. The summed E-state index contributed by atoms with van der Waals surface area (Å²) in [5, 5.41) is 13.0. The predicted molar refractivity (Wildman–Crippen MR) is 102 cm³/mol. The largest absolute Gasteiger partial charge is 0.508 e. The average Bonchev–Trinajstić information content (AvgIpc) is 3.18. The van der Waals surface area contributed by atoms with Crippen molar-refractivity contribution in [2.24, 2.45) is 4.99 Å².